The summed E-state index contributed by atoms with van der Waals surface area (Å²) in [7, 11) is -3.07. The number of hydrogen-bond donors (Lipinski definition) is 0. The standard InChI is InChI=1S/C18H19FN4O4S/c19-17-9-14(1-2-16(17)13-3-7-28(25,26)8-4-13)23-11-15(27-18(23)12-24)10-22-6-5-20-21-22/h1-3,5-6,9,12,15,18H,4,7-8,10-11H2/t15-,18?/m0/s1. The molecule has 2 aliphatic heterocycles. The van der Waals surface area contributed by atoms with Crippen LogP contribution < -0.4 is 4.90 Å². The van der Waals surface area contributed by atoms with Gasteiger partial charge in [0.25, 0.3) is 0 Å². The molecule has 0 aliphatic carbocycles. The molecule has 2 aromatic rings. The van der Waals surface area contributed by atoms with Crippen LogP contribution in [0.1, 0.15) is 12.0 Å². The molecule has 0 saturated carbocycles. The van der Waals surface area contributed by atoms with Crippen molar-refractivity contribution in [3.8, 4) is 0 Å². The Labute approximate surface area is 161 Å². The molecule has 148 valence electrons. The van der Waals surface area contributed by atoms with Gasteiger partial charge in [-0.2, -0.15) is 0 Å². The normalized spacial score (nSPS) is 24.2. The van der Waals surface area contributed by atoms with Crippen LogP contribution in [0.2, 0.25) is 0 Å². The van der Waals surface area contributed by atoms with E-state index in [2.05, 4.69) is 10.3 Å². The molecule has 0 bridgehead atoms. The summed E-state index contributed by atoms with van der Waals surface area (Å²) >= 11 is 0. The van der Waals surface area contributed by atoms with Crippen LogP contribution in [0.5, 0.6) is 0 Å². The highest BCUT2D eigenvalue weighted by Crippen LogP contribution is 2.31. The van der Waals surface area contributed by atoms with Crippen LogP contribution in [0.15, 0.2) is 36.7 Å². The molecule has 0 radical (unpaired) electrons. The molecule has 10 heteroatoms. The van der Waals surface area contributed by atoms with Gasteiger partial charge < -0.3 is 9.64 Å². The van der Waals surface area contributed by atoms with Crippen molar-refractivity contribution in [2.24, 2.45) is 0 Å². The minimum atomic E-state index is -3.07. The molecule has 1 aromatic carbocycles. The zero-order valence-electron chi connectivity index (χ0n) is 14.9. The van der Waals surface area contributed by atoms with Gasteiger partial charge >= 0.3 is 0 Å². The first-order valence-electron chi connectivity index (χ1n) is 8.86. The van der Waals surface area contributed by atoms with Gasteiger partial charge in [-0.25, -0.2) is 17.5 Å². The number of allylic oxidation sites excluding steroid dienone is 1. The van der Waals surface area contributed by atoms with E-state index in [1.165, 1.54) is 6.07 Å². The third-order valence-electron chi connectivity index (χ3n) is 4.91. The average Bonchev–Trinajstić information content (AvgIpc) is 3.32. The van der Waals surface area contributed by atoms with Crippen LogP contribution >= 0.6 is 0 Å². The molecular formula is C18H19FN4O4S. The second-order valence-corrected chi connectivity index (χ2v) is 9.05. The summed E-state index contributed by atoms with van der Waals surface area (Å²) in [6, 6.07) is 4.71. The first-order valence-corrected chi connectivity index (χ1v) is 10.7. The highest BCUT2D eigenvalue weighted by Gasteiger charge is 2.33. The van der Waals surface area contributed by atoms with Crippen LogP contribution in [0, 0.1) is 5.82 Å². The number of sulfone groups is 1. The summed E-state index contributed by atoms with van der Waals surface area (Å²) in [5.41, 5.74) is 1.61. The topological polar surface area (TPSA) is 94.4 Å². The summed E-state index contributed by atoms with van der Waals surface area (Å²) in [6.45, 7) is 0.839. The number of carbonyl (C=O) groups excluding carboxylic acids is 1. The molecule has 0 amide bonds. The van der Waals surface area contributed by atoms with Gasteiger partial charge in [0.15, 0.2) is 22.4 Å². The second-order valence-electron chi connectivity index (χ2n) is 6.82. The smallest absolute Gasteiger partial charge is 0.187 e. The first-order chi connectivity index (χ1) is 13.4. The summed E-state index contributed by atoms with van der Waals surface area (Å²) in [4.78, 5) is 13.1. The number of aldehydes is 1. The number of rotatable bonds is 5. The molecule has 1 aromatic heterocycles. The van der Waals surface area contributed by atoms with Crippen LogP contribution in [-0.2, 0) is 25.9 Å². The maximum Gasteiger partial charge on any atom is 0.187 e. The SMILES string of the molecule is O=CC1O[C@@H](Cn2ccnn2)CN1c1ccc(C2=CCS(=O)(=O)CC2)c(F)c1. The van der Waals surface area contributed by atoms with E-state index < -0.39 is 21.9 Å². The van der Waals surface area contributed by atoms with Crippen molar-refractivity contribution < 1.29 is 22.3 Å². The predicted octanol–water partition coefficient (Wildman–Crippen LogP) is 1.05. The largest absolute Gasteiger partial charge is 0.344 e. The van der Waals surface area contributed by atoms with Crippen molar-refractivity contribution in [2.75, 3.05) is 23.0 Å². The molecule has 2 atom stereocenters. The highest BCUT2D eigenvalue weighted by molar-refractivity contribution is 7.91. The van der Waals surface area contributed by atoms with Crippen molar-refractivity contribution in [1.82, 2.24) is 15.0 Å². The van der Waals surface area contributed by atoms with Gasteiger partial charge in [0.2, 0.25) is 0 Å². The summed E-state index contributed by atoms with van der Waals surface area (Å²) in [6.07, 6.45) is 4.71. The molecule has 1 saturated heterocycles. The minimum Gasteiger partial charge on any atom is -0.344 e. The molecule has 0 N–H and O–H groups in total. The third kappa shape index (κ3) is 3.83. The first kappa shape index (κ1) is 18.8. The second kappa shape index (κ2) is 7.44. The molecule has 1 unspecified atom stereocenters. The van der Waals surface area contributed by atoms with E-state index in [1.807, 2.05) is 0 Å². The van der Waals surface area contributed by atoms with Gasteiger partial charge in [0.05, 0.1) is 30.4 Å². The Balaban J connectivity index is 1.53. The van der Waals surface area contributed by atoms with Crippen LogP contribution in [0.25, 0.3) is 5.57 Å². The Morgan fingerprint density at radius 2 is 2.21 bits per heavy atom. The molecule has 3 heterocycles. The van der Waals surface area contributed by atoms with Crippen molar-refractivity contribution in [1.29, 1.82) is 0 Å². The number of halogens is 1. The zero-order valence-corrected chi connectivity index (χ0v) is 15.8. The van der Waals surface area contributed by atoms with Gasteiger partial charge in [0, 0.05) is 24.0 Å². The number of anilines is 1. The lowest BCUT2D eigenvalue weighted by molar-refractivity contribution is -0.117. The molecule has 2 aliphatic rings. The molecule has 4 rings (SSSR count). The fraction of sp³-hybridized carbons (Fsp3) is 0.389. The minimum absolute atomic E-state index is 0.0250. The number of hydrogen-bond acceptors (Lipinski definition) is 7. The lowest BCUT2D eigenvalue weighted by Crippen LogP contribution is -2.31. The van der Waals surface area contributed by atoms with E-state index in [0.717, 1.165) is 0 Å². The Morgan fingerprint density at radius 3 is 2.86 bits per heavy atom. The van der Waals surface area contributed by atoms with Gasteiger partial charge in [-0.05, 0) is 30.2 Å². The van der Waals surface area contributed by atoms with Crippen LogP contribution in [0.4, 0.5) is 10.1 Å². The van der Waals surface area contributed by atoms with Crippen LogP contribution in [0.3, 0.4) is 0 Å². The third-order valence-corrected chi connectivity index (χ3v) is 6.42. The lowest BCUT2D eigenvalue weighted by atomic mass is 10.0. The number of carbonyl (C=O) groups is 1. The Morgan fingerprint density at radius 1 is 1.36 bits per heavy atom. The van der Waals surface area contributed by atoms with Crippen LogP contribution in [-0.4, -0.2) is 60.1 Å². The Kier molecular flexibility index (Phi) is 4.98. The van der Waals surface area contributed by atoms with E-state index in [0.29, 0.717) is 42.6 Å². The molecular weight excluding hydrogens is 387 g/mol. The fourth-order valence-corrected chi connectivity index (χ4v) is 4.65. The molecule has 1 fully saturated rings. The maximum absolute atomic E-state index is 14.7. The number of nitrogens with zero attached hydrogens (tertiary/aromatic N) is 4. The summed E-state index contributed by atoms with van der Waals surface area (Å²) in [5, 5.41) is 7.62. The van der Waals surface area contributed by atoms with E-state index in [1.54, 1.807) is 40.2 Å². The van der Waals surface area contributed by atoms with Gasteiger partial charge in [-0.15, -0.1) is 5.10 Å². The monoisotopic (exact) mass is 406 g/mol. The van der Waals surface area contributed by atoms with Gasteiger partial charge in [-0.3, -0.25) is 4.79 Å². The maximum atomic E-state index is 14.7. The highest BCUT2D eigenvalue weighted by atomic mass is 32.2. The van der Waals surface area contributed by atoms with E-state index >= 15 is 0 Å². The number of benzene rings is 1. The summed E-state index contributed by atoms with van der Waals surface area (Å²) < 4.78 is 45.2. The quantitative estimate of drug-likeness (QED) is 0.685. The predicted molar refractivity (Wildman–Crippen MR) is 99.7 cm³/mol. The van der Waals surface area contributed by atoms with Gasteiger partial charge in [-0.1, -0.05) is 11.3 Å². The zero-order chi connectivity index (χ0) is 19.7. The average molecular weight is 406 g/mol. The molecule has 8 nitrogen and oxygen atoms in total. The van der Waals surface area contributed by atoms with Crippen molar-refractivity contribution >= 4 is 27.4 Å². The van der Waals surface area contributed by atoms with Gasteiger partial charge in [0.1, 0.15) is 5.82 Å². The Hall–Kier alpha value is -2.59. The number of aromatic nitrogens is 3. The number of ether oxygens (including phenoxy) is 1. The molecule has 0 spiro atoms. The van der Waals surface area contributed by atoms with E-state index in [4.69, 9.17) is 4.74 Å². The van der Waals surface area contributed by atoms with Crippen molar-refractivity contribution in [3.63, 3.8) is 0 Å². The fourth-order valence-electron chi connectivity index (χ4n) is 3.50. The van der Waals surface area contributed by atoms with Crippen molar-refractivity contribution in [2.45, 2.75) is 25.3 Å². The van der Waals surface area contributed by atoms with E-state index in [-0.39, 0.29) is 17.6 Å². The summed E-state index contributed by atoms with van der Waals surface area (Å²) in [5.74, 6) is -0.495. The van der Waals surface area contributed by atoms with E-state index in [9.17, 15) is 17.6 Å². The lowest BCUT2D eigenvalue weighted by Gasteiger charge is -2.22. The Bertz CT molecular complexity index is 1010. The molecule has 28 heavy (non-hydrogen) atoms. The van der Waals surface area contributed by atoms with Crippen molar-refractivity contribution in [3.05, 3.63) is 48.0 Å².